The summed E-state index contributed by atoms with van der Waals surface area (Å²) in [6, 6.07) is 0. The third-order valence-electron chi connectivity index (χ3n) is 13.6. The Morgan fingerprint density at radius 2 is 0.835 bits per heavy atom. The van der Waals surface area contributed by atoms with Gasteiger partial charge in [0.15, 0.2) is 24.6 Å². The third-order valence-corrected chi connectivity index (χ3v) is 13.6. The molecule has 1 fully saturated rings. The molecule has 0 saturated carbocycles. The van der Waals surface area contributed by atoms with Gasteiger partial charge in [-0.1, -0.05) is 221 Å². The fraction of sp³-hybridized carbons (Fsp3) is 0.701. The van der Waals surface area contributed by atoms with E-state index in [-0.39, 0.29) is 25.9 Å². The summed E-state index contributed by atoms with van der Waals surface area (Å²) in [6.45, 7) is 5.76. The molecule has 1 aliphatic heterocycles. The number of aliphatic carboxylic acids is 1. The topological polar surface area (TPSA) is 175 Å². The number of esters is 3. The van der Waals surface area contributed by atoms with E-state index < -0.39 is 67.3 Å². The maximum Gasteiger partial charge on any atom is 0.335 e. The van der Waals surface area contributed by atoms with E-state index in [0.29, 0.717) is 25.7 Å². The lowest BCUT2D eigenvalue weighted by Gasteiger charge is -2.40. The molecule has 12 heteroatoms. The van der Waals surface area contributed by atoms with Crippen LogP contribution in [0.15, 0.2) is 97.2 Å². The van der Waals surface area contributed by atoms with Crippen molar-refractivity contribution >= 4 is 23.9 Å². The summed E-state index contributed by atoms with van der Waals surface area (Å²) in [6.07, 6.45) is 59.5. The van der Waals surface area contributed by atoms with E-state index in [9.17, 15) is 34.5 Å². The lowest BCUT2D eigenvalue weighted by atomic mass is 9.98. The minimum absolute atomic E-state index is 0.0477. The standard InChI is InChI=1S/C67H110O12/c1-4-7-10-13-16-19-22-25-27-29-30-32-34-37-40-43-46-49-52-55-61(70)78-65-63(72)62(71)64(66(73)74)79-67(65)76-57-58(77-60(69)54-51-48-45-42-39-35-24-21-18-15-12-9-6-3)56-75-59(68)53-50-47-44-41-38-36-33-31-28-26-23-20-17-14-11-8-5-2/h8,11-12,15,17,20-21,24-28,33,36,41,44,58,62-65,67,71-72H,4-7,9-10,13-14,16,18-19,22-23,29-32,34-35,37-40,42-43,45-57H2,1-3H3,(H,73,74)/b11-8-,15-12-,20-17-,24-21-,27-25-,28-26-,36-33-,44-41-. The van der Waals surface area contributed by atoms with Gasteiger partial charge in [-0.2, -0.15) is 0 Å². The van der Waals surface area contributed by atoms with Crippen LogP contribution in [0.3, 0.4) is 0 Å². The van der Waals surface area contributed by atoms with Gasteiger partial charge in [0.2, 0.25) is 0 Å². The number of carboxylic acids is 1. The number of aliphatic hydroxyl groups is 2. The number of hydrogen-bond acceptors (Lipinski definition) is 11. The highest BCUT2D eigenvalue weighted by atomic mass is 16.7. The molecule has 79 heavy (non-hydrogen) atoms. The Kier molecular flexibility index (Phi) is 49.9. The zero-order valence-corrected chi connectivity index (χ0v) is 49.6. The predicted molar refractivity (Wildman–Crippen MR) is 321 cm³/mol. The van der Waals surface area contributed by atoms with Gasteiger partial charge in [-0.15, -0.1) is 0 Å². The average Bonchev–Trinajstić information content (AvgIpc) is 3.47. The summed E-state index contributed by atoms with van der Waals surface area (Å²) in [5, 5.41) is 31.5. The van der Waals surface area contributed by atoms with Gasteiger partial charge in [0.25, 0.3) is 0 Å². The second kappa shape index (κ2) is 54.2. The highest BCUT2D eigenvalue weighted by Gasteiger charge is 2.50. The predicted octanol–water partition coefficient (Wildman–Crippen LogP) is 16.5. The summed E-state index contributed by atoms with van der Waals surface area (Å²) >= 11 is 0. The largest absolute Gasteiger partial charge is 0.479 e. The smallest absolute Gasteiger partial charge is 0.335 e. The number of aliphatic hydroxyl groups excluding tert-OH is 2. The molecule has 6 unspecified atom stereocenters. The molecule has 6 atom stereocenters. The number of carbonyl (C=O) groups excluding carboxylic acids is 3. The molecular weight excluding hydrogens is 997 g/mol. The van der Waals surface area contributed by atoms with Crippen LogP contribution in [0.1, 0.15) is 252 Å². The van der Waals surface area contributed by atoms with Crippen LogP contribution in [0, 0.1) is 0 Å². The average molecular weight is 1110 g/mol. The Morgan fingerprint density at radius 3 is 1.32 bits per heavy atom. The number of unbranched alkanes of at least 4 members (excludes halogenated alkanes) is 22. The van der Waals surface area contributed by atoms with E-state index >= 15 is 0 Å². The van der Waals surface area contributed by atoms with Crippen molar-refractivity contribution in [2.45, 2.75) is 289 Å². The minimum atomic E-state index is -1.92. The summed E-state index contributed by atoms with van der Waals surface area (Å²) < 4.78 is 28.4. The molecule has 0 bridgehead atoms. The second-order valence-corrected chi connectivity index (χ2v) is 20.9. The van der Waals surface area contributed by atoms with Crippen LogP contribution in [-0.4, -0.2) is 89.2 Å². The first-order chi connectivity index (χ1) is 38.6. The Labute approximate surface area is 479 Å². The van der Waals surface area contributed by atoms with Gasteiger partial charge in [0.05, 0.1) is 6.61 Å². The summed E-state index contributed by atoms with van der Waals surface area (Å²) in [4.78, 5) is 51.2. The van der Waals surface area contributed by atoms with Crippen molar-refractivity contribution in [3.8, 4) is 0 Å². The first kappa shape index (κ1) is 72.7. The first-order valence-corrected chi connectivity index (χ1v) is 31.2. The van der Waals surface area contributed by atoms with Crippen molar-refractivity contribution < 1.29 is 58.2 Å². The van der Waals surface area contributed by atoms with E-state index in [1.54, 1.807) is 0 Å². The molecule has 0 spiro atoms. The summed E-state index contributed by atoms with van der Waals surface area (Å²) in [7, 11) is 0. The van der Waals surface area contributed by atoms with Crippen LogP contribution < -0.4 is 0 Å². The molecule has 0 aromatic heterocycles. The molecular formula is C67H110O12. The monoisotopic (exact) mass is 1110 g/mol. The molecule has 0 aliphatic carbocycles. The van der Waals surface area contributed by atoms with Gasteiger partial charge in [-0.3, -0.25) is 14.4 Å². The number of allylic oxidation sites excluding steroid dienone is 16. The van der Waals surface area contributed by atoms with Crippen LogP contribution in [-0.2, 0) is 42.9 Å². The van der Waals surface area contributed by atoms with E-state index in [0.717, 1.165) is 116 Å². The normalized spacial score (nSPS) is 18.5. The van der Waals surface area contributed by atoms with E-state index in [2.05, 4.69) is 112 Å². The second-order valence-electron chi connectivity index (χ2n) is 20.9. The lowest BCUT2D eigenvalue weighted by molar-refractivity contribution is -0.301. The number of carboxylic acid groups (broad SMARTS) is 1. The SMILES string of the molecule is CC/C=C\C/C=C\C/C=C\C/C=C\C/C=C\CCCC(=O)OCC(COC1OC(C(=O)O)C(O)C(O)C1OC(=O)CCCCCCCCCCC/C=C\CCCCCCCC)OC(=O)CCCCCCC/C=C\C/C=C\CCC. The fourth-order valence-corrected chi connectivity index (χ4v) is 8.85. The molecule has 1 saturated heterocycles. The number of ether oxygens (including phenoxy) is 5. The molecule has 450 valence electrons. The van der Waals surface area contributed by atoms with Crippen molar-refractivity contribution in [1.29, 1.82) is 0 Å². The van der Waals surface area contributed by atoms with Crippen molar-refractivity contribution in [1.82, 2.24) is 0 Å². The Morgan fingerprint density at radius 1 is 0.430 bits per heavy atom. The fourth-order valence-electron chi connectivity index (χ4n) is 8.85. The van der Waals surface area contributed by atoms with Gasteiger partial charge in [0.1, 0.15) is 18.8 Å². The van der Waals surface area contributed by atoms with Crippen LogP contribution in [0.5, 0.6) is 0 Å². The first-order valence-electron chi connectivity index (χ1n) is 31.2. The van der Waals surface area contributed by atoms with Gasteiger partial charge in [-0.25, -0.2) is 4.79 Å². The number of carbonyl (C=O) groups is 4. The maximum atomic E-state index is 13.1. The quantitative estimate of drug-likeness (QED) is 0.0228. The third kappa shape index (κ3) is 44.0. The zero-order chi connectivity index (χ0) is 57.5. The van der Waals surface area contributed by atoms with Gasteiger partial charge in [-0.05, 0) is 109 Å². The molecule has 3 N–H and O–H groups in total. The summed E-state index contributed by atoms with van der Waals surface area (Å²) in [5.41, 5.74) is 0. The molecule has 1 aliphatic rings. The van der Waals surface area contributed by atoms with E-state index in [4.69, 9.17) is 23.7 Å². The van der Waals surface area contributed by atoms with Crippen molar-refractivity contribution in [3.63, 3.8) is 0 Å². The maximum absolute atomic E-state index is 13.1. The summed E-state index contributed by atoms with van der Waals surface area (Å²) in [5.74, 6) is -3.22. The van der Waals surface area contributed by atoms with Crippen molar-refractivity contribution in [2.75, 3.05) is 13.2 Å². The molecule has 0 aromatic rings. The lowest BCUT2D eigenvalue weighted by Crippen LogP contribution is -2.61. The Bertz CT molecular complexity index is 1740. The highest BCUT2D eigenvalue weighted by Crippen LogP contribution is 2.26. The molecule has 1 rings (SSSR count). The van der Waals surface area contributed by atoms with Crippen LogP contribution in [0.4, 0.5) is 0 Å². The zero-order valence-electron chi connectivity index (χ0n) is 49.6. The number of rotatable bonds is 52. The molecule has 0 aromatic carbocycles. The minimum Gasteiger partial charge on any atom is -0.479 e. The van der Waals surface area contributed by atoms with Gasteiger partial charge < -0.3 is 39.0 Å². The van der Waals surface area contributed by atoms with Crippen molar-refractivity contribution in [2.24, 2.45) is 0 Å². The molecule has 12 nitrogen and oxygen atoms in total. The molecule has 1 heterocycles. The highest BCUT2D eigenvalue weighted by molar-refractivity contribution is 5.74. The van der Waals surface area contributed by atoms with Crippen molar-refractivity contribution in [3.05, 3.63) is 97.2 Å². The van der Waals surface area contributed by atoms with Gasteiger partial charge in [0, 0.05) is 19.3 Å². The van der Waals surface area contributed by atoms with Crippen LogP contribution in [0.2, 0.25) is 0 Å². The van der Waals surface area contributed by atoms with Gasteiger partial charge >= 0.3 is 23.9 Å². The Balaban J connectivity index is 2.69. The van der Waals surface area contributed by atoms with Crippen LogP contribution in [0.25, 0.3) is 0 Å². The number of hydrogen-bond donors (Lipinski definition) is 3. The van der Waals surface area contributed by atoms with E-state index in [1.165, 1.54) is 70.6 Å². The van der Waals surface area contributed by atoms with E-state index in [1.807, 2.05) is 6.08 Å². The van der Waals surface area contributed by atoms with Crippen LogP contribution >= 0.6 is 0 Å². The molecule has 0 radical (unpaired) electrons. The molecule has 0 amide bonds. The Hall–Kier alpha value is -4.36.